The first kappa shape index (κ1) is 13.5. The van der Waals surface area contributed by atoms with Crippen LogP contribution in [0.4, 0.5) is 0 Å². The van der Waals surface area contributed by atoms with Crippen molar-refractivity contribution in [2.24, 2.45) is 11.8 Å². The molecule has 1 aliphatic rings. The first-order valence-electron chi connectivity index (χ1n) is 6.62. The third-order valence-corrected chi connectivity index (χ3v) is 3.80. The highest BCUT2D eigenvalue weighted by Gasteiger charge is 2.25. The maximum absolute atomic E-state index is 12.1. The lowest BCUT2D eigenvalue weighted by atomic mass is 9.92. The van der Waals surface area contributed by atoms with E-state index in [1.807, 2.05) is 4.90 Å². The molecule has 0 radical (unpaired) electrons. The molecular weight excluding hydrogens is 202 g/mol. The van der Waals surface area contributed by atoms with E-state index in [-0.39, 0.29) is 12.5 Å². The van der Waals surface area contributed by atoms with Crippen LogP contribution in [-0.4, -0.2) is 35.6 Å². The molecule has 1 N–H and O–H groups in total. The van der Waals surface area contributed by atoms with Crippen LogP contribution in [0.1, 0.15) is 46.0 Å². The molecular formula is C13H25NO2. The molecule has 3 heteroatoms. The van der Waals surface area contributed by atoms with Crippen LogP contribution >= 0.6 is 0 Å². The molecule has 16 heavy (non-hydrogen) atoms. The average molecular weight is 227 g/mol. The highest BCUT2D eigenvalue weighted by molar-refractivity contribution is 5.78. The molecule has 1 saturated heterocycles. The van der Waals surface area contributed by atoms with Crippen molar-refractivity contribution in [3.8, 4) is 0 Å². The second kappa shape index (κ2) is 6.89. The van der Waals surface area contributed by atoms with Gasteiger partial charge in [-0.3, -0.25) is 4.79 Å². The third kappa shape index (κ3) is 3.48. The van der Waals surface area contributed by atoms with E-state index in [0.717, 1.165) is 45.2 Å². The van der Waals surface area contributed by atoms with Crippen molar-refractivity contribution in [3.05, 3.63) is 0 Å². The van der Waals surface area contributed by atoms with Crippen molar-refractivity contribution in [2.75, 3.05) is 19.7 Å². The molecule has 0 aromatic carbocycles. The largest absolute Gasteiger partial charge is 0.396 e. The van der Waals surface area contributed by atoms with Gasteiger partial charge in [-0.05, 0) is 38.0 Å². The number of amides is 1. The fraction of sp³-hybridized carbons (Fsp3) is 0.923. The Morgan fingerprint density at radius 3 is 2.31 bits per heavy atom. The molecule has 1 rings (SSSR count). The molecule has 1 amide bonds. The Labute approximate surface area is 98.8 Å². The monoisotopic (exact) mass is 227 g/mol. The van der Waals surface area contributed by atoms with Gasteiger partial charge in [0, 0.05) is 25.6 Å². The van der Waals surface area contributed by atoms with E-state index in [9.17, 15) is 4.79 Å². The first-order valence-corrected chi connectivity index (χ1v) is 6.62. The van der Waals surface area contributed by atoms with Crippen LogP contribution in [0.25, 0.3) is 0 Å². The summed E-state index contributed by atoms with van der Waals surface area (Å²) in [7, 11) is 0. The average Bonchev–Trinajstić information content (AvgIpc) is 2.32. The normalized spacial score (nSPS) is 18.1. The maximum atomic E-state index is 12.1. The number of aliphatic hydroxyl groups is 1. The fourth-order valence-electron chi connectivity index (χ4n) is 2.52. The molecule has 94 valence electrons. The number of hydrogen-bond acceptors (Lipinski definition) is 2. The Morgan fingerprint density at radius 1 is 1.31 bits per heavy atom. The number of likely N-dealkylation sites (tertiary alicyclic amines) is 1. The highest BCUT2D eigenvalue weighted by Crippen LogP contribution is 2.22. The molecule has 1 heterocycles. The molecule has 1 fully saturated rings. The standard InChI is InChI=1S/C13H25NO2/c1-3-12(4-2)13(16)14-8-5-11(6-9-14)7-10-15/h11-12,15H,3-10H2,1-2H3. The Kier molecular flexibility index (Phi) is 5.81. The number of piperidine rings is 1. The third-order valence-electron chi connectivity index (χ3n) is 3.80. The lowest BCUT2D eigenvalue weighted by Crippen LogP contribution is -2.41. The lowest BCUT2D eigenvalue weighted by Gasteiger charge is -2.33. The van der Waals surface area contributed by atoms with Crippen LogP contribution in [0.5, 0.6) is 0 Å². The molecule has 1 aliphatic heterocycles. The number of carbonyl (C=O) groups excluding carboxylic acids is 1. The summed E-state index contributed by atoms with van der Waals surface area (Å²) < 4.78 is 0. The van der Waals surface area contributed by atoms with Crippen LogP contribution in [-0.2, 0) is 4.79 Å². The predicted molar refractivity (Wildman–Crippen MR) is 65.1 cm³/mol. The van der Waals surface area contributed by atoms with Crippen LogP contribution < -0.4 is 0 Å². The van der Waals surface area contributed by atoms with E-state index >= 15 is 0 Å². The summed E-state index contributed by atoms with van der Waals surface area (Å²) in [5, 5.41) is 8.88. The molecule has 0 saturated carbocycles. The van der Waals surface area contributed by atoms with Gasteiger partial charge in [-0.1, -0.05) is 13.8 Å². The Hall–Kier alpha value is -0.570. The van der Waals surface area contributed by atoms with Gasteiger partial charge in [0.25, 0.3) is 0 Å². The first-order chi connectivity index (χ1) is 7.72. The summed E-state index contributed by atoms with van der Waals surface area (Å²) in [4.78, 5) is 14.1. The van der Waals surface area contributed by atoms with Gasteiger partial charge in [-0.25, -0.2) is 0 Å². The zero-order valence-electron chi connectivity index (χ0n) is 10.6. The quantitative estimate of drug-likeness (QED) is 0.781. The second-order valence-electron chi connectivity index (χ2n) is 4.79. The molecule has 0 spiro atoms. The van der Waals surface area contributed by atoms with Gasteiger partial charge in [0.2, 0.25) is 5.91 Å². The van der Waals surface area contributed by atoms with Gasteiger partial charge in [-0.15, -0.1) is 0 Å². The van der Waals surface area contributed by atoms with E-state index in [1.165, 1.54) is 0 Å². The van der Waals surface area contributed by atoms with Gasteiger partial charge in [0.15, 0.2) is 0 Å². The van der Waals surface area contributed by atoms with Gasteiger partial charge in [-0.2, -0.15) is 0 Å². The van der Waals surface area contributed by atoms with Gasteiger partial charge in [0.05, 0.1) is 0 Å². The van der Waals surface area contributed by atoms with Crippen molar-refractivity contribution < 1.29 is 9.90 Å². The topological polar surface area (TPSA) is 40.5 Å². The molecule has 0 unspecified atom stereocenters. The summed E-state index contributed by atoms with van der Waals surface area (Å²) >= 11 is 0. The van der Waals surface area contributed by atoms with Gasteiger partial charge < -0.3 is 10.0 Å². The van der Waals surface area contributed by atoms with E-state index < -0.39 is 0 Å². The summed E-state index contributed by atoms with van der Waals surface area (Å²) in [6, 6.07) is 0. The fourth-order valence-corrected chi connectivity index (χ4v) is 2.52. The van der Waals surface area contributed by atoms with Crippen LogP contribution in [0, 0.1) is 11.8 Å². The smallest absolute Gasteiger partial charge is 0.225 e. The van der Waals surface area contributed by atoms with Crippen LogP contribution in [0.3, 0.4) is 0 Å². The van der Waals surface area contributed by atoms with Gasteiger partial charge in [0.1, 0.15) is 0 Å². The molecule has 0 bridgehead atoms. The number of carbonyl (C=O) groups is 1. The number of aliphatic hydroxyl groups excluding tert-OH is 1. The molecule has 0 aromatic heterocycles. The van der Waals surface area contributed by atoms with Crippen molar-refractivity contribution >= 4 is 5.91 Å². The van der Waals surface area contributed by atoms with E-state index in [4.69, 9.17) is 5.11 Å². The number of nitrogens with zero attached hydrogens (tertiary/aromatic N) is 1. The minimum atomic E-state index is 0.217. The summed E-state index contributed by atoms with van der Waals surface area (Å²) in [5.74, 6) is 1.18. The molecule has 0 aromatic rings. The summed E-state index contributed by atoms with van der Waals surface area (Å²) in [5.41, 5.74) is 0. The van der Waals surface area contributed by atoms with Gasteiger partial charge >= 0.3 is 0 Å². The van der Waals surface area contributed by atoms with Crippen molar-refractivity contribution in [3.63, 3.8) is 0 Å². The summed E-state index contributed by atoms with van der Waals surface area (Å²) in [6.07, 6.45) is 4.92. The van der Waals surface area contributed by atoms with E-state index in [2.05, 4.69) is 13.8 Å². The zero-order valence-corrected chi connectivity index (χ0v) is 10.6. The second-order valence-corrected chi connectivity index (χ2v) is 4.79. The molecule has 0 aliphatic carbocycles. The Morgan fingerprint density at radius 2 is 1.88 bits per heavy atom. The summed E-state index contributed by atoms with van der Waals surface area (Å²) in [6.45, 7) is 6.24. The maximum Gasteiger partial charge on any atom is 0.225 e. The van der Waals surface area contributed by atoms with Crippen LogP contribution in [0.15, 0.2) is 0 Å². The predicted octanol–water partition coefficient (Wildman–Crippen LogP) is 2.04. The highest BCUT2D eigenvalue weighted by atomic mass is 16.3. The minimum absolute atomic E-state index is 0.217. The van der Waals surface area contributed by atoms with Crippen molar-refractivity contribution in [2.45, 2.75) is 46.0 Å². The Bertz CT molecular complexity index is 206. The Balaban J connectivity index is 2.38. The van der Waals surface area contributed by atoms with Crippen LogP contribution in [0.2, 0.25) is 0 Å². The van der Waals surface area contributed by atoms with E-state index in [0.29, 0.717) is 11.8 Å². The minimum Gasteiger partial charge on any atom is -0.396 e. The van der Waals surface area contributed by atoms with Crippen molar-refractivity contribution in [1.29, 1.82) is 0 Å². The molecule has 3 nitrogen and oxygen atoms in total. The molecule has 0 atom stereocenters. The number of rotatable bonds is 5. The zero-order chi connectivity index (χ0) is 12.0. The lowest BCUT2D eigenvalue weighted by molar-refractivity contribution is -0.137. The van der Waals surface area contributed by atoms with E-state index in [1.54, 1.807) is 0 Å². The SMILES string of the molecule is CCC(CC)C(=O)N1CCC(CCO)CC1. The van der Waals surface area contributed by atoms with Crippen molar-refractivity contribution in [1.82, 2.24) is 4.90 Å². The number of hydrogen-bond donors (Lipinski definition) is 1.